The number of fused-ring (bicyclic) bond motifs is 1. The lowest BCUT2D eigenvalue weighted by molar-refractivity contribution is 0.173. The van der Waals surface area contributed by atoms with Crippen LogP contribution in [0.2, 0.25) is 0 Å². The second-order valence-corrected chi connectivity index (χ2v) is 5.94. The Morgan fingerprint density at radius 3 is 2.74 bits per heavy atom. The third-order valence-electron chi connectivity index (χ3n) is 4.58. The monoisotopic (exact) mass is 316 g/mol. The number of aromatic amines is 1. The van der Waals surface area contributed by atoms with Crippen molar-refractivity contribution in [3.8, 4) is 17.2 Å². The fraction of sp³-hybridized carbons (Fsp3) is 0.500. The summed E-state index contributed by atoms with van der Waals surface area (Å²) in [5, 5.41) is 6.94. The van der Waals surface area contributed by atoms with E-state index < -0.39 is 0 Å². The molecule has 0 amide bonds. The van der Waals surface area contributed by atoms with E-state index in [4.69, 9.17) is 14.2 Å². The summed E-state index contributed by atoms with van der Waals surface area (Å²) in [4.78, 5) is 6.72. The summed E-state index contributed by atoms with van der Waals surface area (Å²) < 4.78 is 16.4. The summed E-state index contributed by atoms with van der Waals surface area (Å²) in [5.41, 5.74) is 1.13. The molecule has 0 atom stereocenters. The molecule has 2 aromatic rings. The van der Waals surface area contributed by atoms with Gasteiger partial charge in [0.25, 0.3) is 0 Å². The molecule has 7 nitrogen and oxygen atoms in total. The maximum atomic E-state index is 5.51. The van der Waals surface area contributed by atoms with Gasteiger partial charge in [0.05, 0.1) is 7.11 Å². The number of hydrogen-bond acceptors (Lipinski definition) is 6. The summed E-state index contributed by atoms with van der Waals surface area (Å²) >= 11 is 0. The molecule has 4 rings (SSSR count). The van der Waals surface area contributed by atoms with E-state index in [2.05, 4.69) is 20.1 Å². The van der Waals surface area contributed by atoms with E-state index in [-0.39, 0.29) is 6.79 Å². The Labute approximate surface area is 134 Å². The highest BCUT2D eigenvalue weighted by Crippen LogP contribution is 2.39. The number of benzene rings is 1. The summed E-state index contributed by atoms with van der Waals surface area (Å²) in [6.45, 7) is 3.19. The number of piperidine rings is 1. The first-order chi connectivity index (χ1) is 11.3. The van der Waals surface area contributed by atoms with Crippen LogP contribution in [-0.2, 0) is 6.54 Å². The van der Waals surface area contributed by atoms with Crippen LogP contribution in [0.15, 0.2) is 18.5 Å². The standard InChI is InChI=1S/C16H20N4O3/c1-21-13-7-15-14(22-10-23-15)6-12(13)8-20-4-2-11(3-5-20)16-17-9-18-19-16/h6-7,9,11H,2-5,8,10H2,1H3,(H,17,18,19). The average molecular weight is 316 g/mol. The zero-order chi connectivity index (χ0) is 15.6. The molecular formula is C16H20N4O3. The van der Waals surface area contributed by atoms with Crippen LogP contribution in [-0.4, -0.2) is 47.1 Å². The van der Waals surface area contributed by atoms with Gasteiger partial charge in [0.1, 0.15) is 17.9 Å². The third kappa shape index (κ3) is 2.84. The second-order valence-electron chi connectivity index (χ2n) is 5.94. The molecule has 0 aliphatic carbocycles. The number of rotatable bonds is 4. The lowest BCUT2D eigenvalue weighted by atomic mass is 9.96. The highest BCUT2D eigenvalue weighted by atomic mass is 16.7. The largest absolute Gasteiger partial charge is 0.496 e. The zero-order valence-corrected chi connectivity index (χ0v) is 13.1. The number of nitrogens with one attached hydrogen (secondary N) is 1. The molecule has 1 saturated heterocycles. The quantitative estimate of drug-likeness (QED) is 0.929. The lowest BCUT2D eigenvalue weighted by Crippen LogP contribution is -2.32. The van der Waals surface area contributed by atoms with Crippen molar-refractivity contribution in [3.63, 3.8) is 0 Å². The topological polar surface area (TPSA) is 72.5 Å². The minimum atomic E-state index is 0.282. The van der Waals surface area contributed by atoms with E-state index in [1.807, 2.05) is 12.1 Å². The van der Waals surface area contributed by atoms with Crippen LogP contribution < -0.4 is 14.2 Å². The molecule has 1 N–H and O–H groups in total. The van der Waals surface area contributed by atoms with Crippen molar-refractivity contribution in [2.75, 3.05) is 27.0 Å². The predicted octanol–water partition coefficient (Wildman–Crippen LogP) is 1.92. The Bertz CT molecular complexity index is 666. The molecule has 3 heterocycles. The Morgan fingerprint density at radius 1 is 1.26 bits per heavy atom. The molecular weight excluding hydrogens is 296 g/mol. The van der Waals surface area contributed by atoms with E-state index in [1.54, 1.807) is 13.4 Å². The Balaban J connectivity index is 1.43. The first kappa shape index (κ1) is 14.3. The van der Waals surface area contributed by atoms with Gasteiger partial charge in [0, 0.05) is 24.1 Å². The first-order valence-electron chi connectivity index (χ1n) is 7.87. The number of ether oxygens (including phenoxy) is 3. The van der Waals surface area contributed by atoms with Crippen LogP contribution in [0.3, 0.4) is 0 Å². The predicted molar refractivity (Wildman–Crippen MR) is 82.8 cm³/mol. The third-order valence-corrected chi connectivity index (χ3v) is 4.58. The molecule has 0 radical (unpaired) electrons. The molecule has 1 aromatic carbocycles. The molecule has 0 spiro atoms. The van der Waals surface area contributed by atoms with Crippen molar-refractivity contribution in [1.82, 2.24) is 20.1 Å². The van der Waals surface area contributed by atoms with Crippen molar-refractivity contribution in [2.24, 2.45) is 0 Å². The van der Waals surface area contributed by atoms with Gasteiger partial charge in [0.15, 0.2) is 11.5 Å². The number of methoxy groups -OCH3 is 1. The van der Waals surface area contributed by atoms with Gasteiger partial charge >= 0.3 is 0 Å². The van der Waals surface area contributed by atoms with Crippen molar-refractivity contribution < 1.29 is 14.2 Å². The van der Waals surface area contributed by atoms with Gasteiger partial charge < -0.3 is 14.2 Å². The van der Waals surface area contributed by atoms with Crippen LogP contribution in [0, 0.1) is 0 Å². The highest BCUT2D eigenvalue weighted by Gasteiger charge is 2.24. The van der Waals surface area contributed by atoms with Gasteiger partial charge in [0.2, 0.25) is 6.79 Å². The summed E-state index contributed by atoms with van der Waals surface area (Å²) in [5.74, 6) is 3.90. The van der Waals surface area contributed by atoms with Crippen molar-refractivity contribution in [1.29, 1.82) is 0 Å². The molecule has 122 valence electrons. The van der Waals surface area contributed by atoms with E-state index >= 15 is 0 Å². The number of nitrogens with zero attached hydrogens (tertiary/aromatic N) is 3. The van der Waals surface area contributed by atoms with Gasteiger partial charge in [-0.1, -0.05) is 0 Å². The van der Waals surface area contributed by atoms with Crippen LogP contribution in [0.4, 0.5) is 0 Å². The minimum Gasteiger partial charge on any atom is -0.496 e. The molecule has 23 heavy (non-hydrogen) atoms. The van der Waals surface area contributed by atoms with Crippen molar-refractivity contribution >= 4 is 0 Å². The zero-order valence-electron chi connectivity index (χ0n) is 13.1. The minimum absolute atomic E-state index is 0.282. The van der Waals surface area contributed by atoms with Crippen LogP contribution in [0.25, 0.3) is 0 Å². The number of H-pyrrole nitrogens is 1. The molecule has 0 unspecified atom stereocenters. The number of likely N-dealkylation sites (tertiary alicyclic amines) is 1. The summed E-state index contributed by atoms with van der Waals surface area (Å²) in [7, 11) is 1.69. The molecule has 7 heteroatoms. The van der Waals surface area contributed by atoms with E-state index in [9.17, 15) is 0 Å². The van der Waals surface area contributed by atoms with Gasteiger partial charge in [-0.2, -0.15) is 5.10 Å². The smallest absolute Gasteiger partial charge is 0.231 e. The lowest BCUT2D eigenvalue weighted by Gasteiger charge is -2.31. The van der Waals surface area contributed by atoms with Crippen LogP contribution in [0.5, 0.6) is 17.2 Å². The molecule has 0 bridgehead atoms. The highest BCUT2D eigenvalue weighted by molar-refractivity contribution is 5.51. The van der Waals surface area contributed by atoms with Gasteiger partial charge in [-0.3, -0.25) is 10.00 Å². The summed E-state index contributed by atoms with van der Waals surface area (Å²) in [6, 6.07) is 3.95. The molecule has 2 aliphatic rings. The summed E-state index contributed by atoms with van der Waals surface area (Å²) in [6.07, 6.45) is 3.75. The van der Waals surface area contributed by atoms with Crippen molar-refractivity contribution in [2.45, 2.75) is 25.3 Å². The first-order valence-corrected chi connectivity index (χ1v) is 7.87. The second kappa shape index (κ2) is 6.08. The van der Waals surface area contributed by atoms with Gasteiger partial charge in [-0.05, 0) is 32.0 Å². The average Bonchev–Trinajstić information content (AvgIpc) is 3.26. The van der Waals surface area contributed by atoms with E-state index in [1.165, 1.54) is 0 Å². The number of aromatic nitrogens is 3. The fourth-order valence-corrected chi connectivity index (χ4v) is 3.30. The van der Waals surface area contributed by atoms with Crippen LogP contribution >= 0.6 is 0 Å². The van der Waals surface area contributed by atoms with Crippen LogP contribution in [0.1, 0.15) is 30.1 Å². The van der Waals surface area contributed by atoms with E-state index in [0.717, 1.165) is 61.1 Å². The number of hydrogen-bond donors (Lipinski definition) is 1. The normalized spacial score (nSPS) is 18.3. The molecule has 2 aliphatic heterocycles. The molecule has 1 aromatic heterocycles. The fourth-order valence-electron chi connectivity index (χ4n) is 3.30. The Hall–Kier alpha value is -2.28. The van der Waals surface area contributed by atoms with E-state index in [0.29, 0.717) is 5.92 Å². The molecule has 1 fully saturated rings. The van der Waals surface area contributed by atoms with Crippen molar-refractivity contribution in [3.05, 3.63) is 29.8 Å². The van der Waals surface area contributed by atoms with Gasteiger partial charge in [-0.25, -0.2) is 4.98 Å². The molecule has 0 saturated carbocycles. The maximum absolute atomic E-state index is 5.51. The maximum Gasteiger partial charge on any atom is 0.231 e. The SMILES string of the molecule is COc1cc2c(cc1CN1CCC(c3ncn[nH]3)CC1)OCO2. The van der Waals surface area contributed by atoms with Gasteiger partial charge in [-0.15, -0.1) is 0 Å². The Kier molecular flexibility index (Phi) is 3.78. The Morgan fingerprint density at radius 2 is 2.04 bits per heavy atom.